The van der Waals surface area contributed by atoms with Gasteiger partial charge in [0.25, 0.3) is 5.69 Å². The van der Waals surface area contributed by atoms with Gasteiger partial charge in [-0.1, -0.05) is 35.9 Å². The summed E-state index contributed by atoms with van der Waals surface area (Å²) < 4.78 is 0. The Bertz CT molecular complexity index is 565. The average Bonchev–Trinajstić information content (AvgIpc) is 2.40. The molecule has 5 nitrogen and oxygen atoms in total. The van der Waals surface area contributed by atoms with Crippen LogP contribution in [0.5, 0.6) is 0 Å². The highest BCUT2D eigenvalue weighted by molar-refractivity contribution is 5.88. The van der Waals surface area contributed by atoms with Crippen LogP contribution in [0.15, 0.2) is 54.6 Å². The van der Waals surface area contributed by atoms with E-state index >= 15 is 0 Å². The molecule has 0 aromatic heterocycles. The molecule has 0 radical (unpaired) electrons. The third kappa shape index (κ3) is 5.77. The minimum Gasteiger partial charge on any atom is -0.326 e. The van der Waals surface area contributed by atoms with Gasteiger partial charge in [-0.25, -0.2) is 0 Å². The third-order valence-corrected chi connectivity index (χ3v) is 2.34. The van der Waals surface area contributed by atoms with E-state index in [1.807, 2.05) is 18.2 Å². The smallest absolute Gasteiger partial charge is 0.269 e. The fourth-order valence-corrected chi connectivity index (χ4v) is 1.40. The fraction of sp³-hybridized carbons (Fsp3) is 0.133. The molecule has 0 aliphatic heterocycles. The van der Waals surface area contributed by atoms with Gasteiger partial charge in [-0.3, -0.25) is 14.9 Å². The lowest BCUT2D eigenvalue weighted by Crippen LogP contribution is -2.05. The lowest BCUT2D eigenvalue weighted by Gasteiger charge is -1.99. The number of rotatable bonds is 2. The molecule has 104 valence electrons. The van der Waals surface area contributed by atoms with Gasteiger partial charge in [0.05, 0.1) is 4.92 Å². The van der Waals surface area contributed by atoms with E-state index in [9.17, 15) is 14.9 Å². The Kier molecular flexibility index (Phi) is 5.90. The predicted molar refractivity (Wildman–Crippen MR) is 78.6 cm³/mol. The van der Waals surface area contributed by atoms with Crippen molar-refractivity contribution >= 4 is 17.3 Å². The summed E-state index contributed by atoms with van der Waals surface area (Å²) in [5, 5.41) is 12.8. The summed E-state index contributed by atoms with van der Waals surface area (Å²) in [7, 11) is 0. The molecule has 0 fully saturated rings. The largest absolute Gasteiger partial charge is 0.326 e. The molecule has 0 atom stereocenters. The number of nitro groups is 1. The molecule has 1 N–H and O–H groups in total. The number of anilines is 1. The normalized spacial score (nSPS) is 9.10. The zero-order chi connectivity index (χ0) is 15.0. The van der Waals surface area contributed by atoms with Gasteiger partial charge < -0.3 is 5.32 Å². The number of nitro benzene ring substituents is 1. The Morgan fingerprint density at radius 3 is 1.95 bits per heavy atom. The van der Waals surface area contributed by atoms with Crippen LogP contribution in [0.3, 0.4) is 0 Å². The number of hydrogen-bond acceptors (Lipinski definition) is 3. The van der Waals surface area contributed by atoms with Crippen LogP contribution in [-0.2, 0) is 4.79 Å². The Morgan fingerprint density at radius 1 is 1.05 bits per heavy atom. The summed E-state index contributed by atoms with van der Waals surface area (Å²) in [6.07, 6.45) is 0. The van der Waals surface area contributed by atoms with Crippen molar-refractivity contribution in [1.29, 1.82) is 0 Å². The molecule has 2 aromatic rings. The predicted octanol–water partition coefficient (Wildman–Crippen LogP) is 3.55. The molecular weight excluding hydrogens is 256 g/mol. The van der Waals surface area contributed by atoms with E-state index in [0.717, 1.165) is 0 Å². The van der Waals surface area contributed by atoms with Gasteiger partial charge >= 0.3 is 0 Å². The lowest BCUT2D eigenvalue weighted by atomic mass is 10.2. The quantitative estimate of drug-likeness (QED) is 0.671. The number of aryl methyl sites for hydroxylation is 1. The van der Waals surface area contributed by atoms with Gasteiger partial charge in [0.15, 0.2) is 0 Å². The molecule has 2 aromatic carbocycles. The number of carbonyl (C=O) groups excluding carboxylic acids is 1. The van der Waals surface area contributed by atoms with Crippen LogP contribution in [0.2, 0.25) is 0 Å². The average molecular weight is 272 g/mol. The second-order valence-corrected chi connectivity index (χ2v) is 4.14. The van der Waals surface area contributed by atoms with Gasteiger partial charge in [-0.05, 0) is 19.1 Å². The first-order valence-corrected chi connectivity index (χ1v) is 6.02. The second-order valence-electron chi connectivity index (χ2n) is 4.14. The minimum absolute atomic E-state index is 0.00843. The monoisotopic (exact) mass is 272 g/mol. The molecule has 1 amide bonds. The molecule has 0 spiro atoms. The Labute approximate surface area is 117 Å². The van der Waals surface area contributed by atoms with Crippen LogP contribution in [0.4, 0.5) is 11.4 Å². The molecule has 0 aliphatic rings. The summed E-state index contributed by atoms with van der Waals surface area (Å²) in [6.45, 7) is 3.46. The van der Waals surface area contributed by atoms with E-state index in [0.29, 0.717) is 5.69 Å². The zero-order valence-corrected chi connectivity index (χ0v) is 11.4. The Morgan fingerprint density at radius 2 is 1.60 bits per heavy atom. The molecular formula is C15H16N2O3. The molecule has 0 bridgehead atoms. The molecule has 0 aliphatic carbocycles. The molecule has 2 rings (SSSR count). The number of hydrogen-bond donors (Lipinski definition) is 1. The van der Waals surface area contributed by atoms with Crippen molar-refractivity contribution in [2.24, 2.45) is 0 Å². The van der Waals surface area contributed by atoms with Crippen LogP contribution >= 0.6 is 0 Å². The first-order chi connectivity index (χ1) is 9.49. The van der Waals surface area contributed by atoms with Gasteiger partial charge in [0.2, 0.25) is 5.91 Å². The van der Waals surface area contributed by atoms with Crippen molar-refractivity contribution in [2.75, 3.05) is 5.32 Å². The highest BCUT2D eigenvalue weighted by Crippen LogP contribution is 2.14. The van der Waals surface area contributed by atoms with Crippen LogP contribution < -0.4 is 5.32 Å². The number of benzene rings is 2. The number of non-ortho nitro benzene ring substituents is 1. The maximum Gasteiger partial charge on any atom is 0.269 e. The topological polar surface area (TPSA) is 72.2 Å². The molecule has 0 saturated heterocycles. The standard InChI is InChI=1S/C8H8N2O3.C7H8/c1-6(11)9-7-2-4-8(5-3-7)10(12)13;1-7-5-3-2-4-6-7/h2-5H,1H3,(H,9,11);2-6H,1H3. The maximum absolute atomic E-state index is 10.6. The molecule has 5 heteroatoms. The minimum atomic E-state index is -0.489. The molecule has 0 heterocycles. The lowest BCUT2D eigenvalue weighted by molar-refractivity contribution is -0.384. The summed E-state index contributed by atoms with van der Waals surface area (Å²) in [5.41, 5.74) is 1.88. The van der Waals surface area contributed by atoms with Crippen molar-refractivity contribution in [1.82, 2.24) is 0 Å². The first kappa shape index (κ1) is 15.4. The summed E-state index contributed by atoms with van der Waals surface area (Å²) >= 11 is 0. The molecule has 20 heavy (non-hydrogen) atoms. The van der Waals surface area contributed by atoms with Crippen molar-refractivity contribution in [3.8, 4) is 0 Å². The van der Waals surface area contributed by atoms with Crippen LogP contribution in [0.1, 0.15) is 12.5 Å². The van der Waals surface area contributed by atoms with E-state index in [-0.39, 0.29) is 11.6 Å². The number of nitrogens with one attached hydrogen (secondary N) is 1. The van der Waals surface area contributed by atoms with E-state index in [2.05, 4.69) is 24.4 Å². The molecule has 0 saturated carbocycles. The molecule has 0 unspecified atom stereocenters. The van der Waals surface area contributed by atoms with Crippen molar-refractivity contribution in [2.45, 2.75) is 13.8 Å². The number of nitrogens with zero attached hydrogens (tertiary/aromatic N) is 1. The van der Waals surface area contributed by atoms with Crippen molar-refractivity contribution < 1.29 is 9.72 Å². The van der Waals surface area contributed by atoms with Gasteiger partial charge in [-0.15, -0.1) is 0 Å². The van der Waals surface area contributed by atoms with Gasteiger partial charge in [-0.2, -0.15) is 0 Å². The van der Waals surface area contributed by atoms with Gasteiger partial charge in [0.1, 0.15) is 0 Å². The van der Waals surface area contributed by atoms with E-state index in [1.165, 1.54) is 36.8 Å². The van der Waals surface area contributed by atoms with E-state index in [1.54, 1.807) is 0 Å². The summed E-state index contributed by atoms with van der Waals surface area (Å²) in [6, 6.07) is 15.9. The number of carbonyl (C=O) groups is 1. The fourth-order valence-electron chi connectivity index (χ4n) is 1.40. The first-order valence-electron chi connectivity index (χ1n) is 6.02. The van der Waals surface area contributed by atoms with Crippen molar-refractivity contribution in [3.63, 3.8) is 0 Å². The zero-order valence-electron chi connectivity index (χ0n) is 11.4. The van der Waals surface area contributed by atoms with E-state index in [4.69, 9.17) is 0 Å². The highest BCUT2D eigenvalue weighted by Gasteiger charge is 2.03. The SMILES string of the molecule is CC(=O)Nc1ccc([N+](=O)[O-])cc1.Cc1ccccc1. The maximum atomic E-state index is 10.6. The third-order valence-electron chi connectivity index (χ3n) is 2.34. The number of amides is 1. The Hall–Kier alpha value is -2.69. The summed E-state index contributed by atoms with van der Waals surface area (Å²) in [5.74, 6) is -0.200. The highest BCUT2D eigenvalue weighted by atomic mass is 16.6. The van der Waals surface area contributed by atoms with Gasteiger partial charge in [0, 0.05) is 24.7 Å². The second kappa shape index (κ2) is 7.68. The Balaban J connectivity index is 0.000000240. The summed E-state index contributed by atoms with van der Waals surface area (Å²) in [4.78, 5) is 20.4. The van der Waals surface area contributed by atoms with E-state index < -0.39 is 4.92 Å². The van der Waals surface area contributed by atoms with Crippen LogP contribution in [0.25, 0.3) is 0 Å². The van der Waals surface area contributed by atoms with Crippen LogP contribution in [-0.4, -0.2) is 10.8 Å². The van der Waals surface area contributed by atoms with Crippen molar-refractivity contribution in [3.05, 3.63) is 70.3 Å². The van der Waals surface area contributed by atoms with Crippen LogP contribution in [0, 0.1) is 17.0 Å².